The van der Waals surface area contributed by atoms with E-state index in [1.807, 2.05) is 44.2 Å². The van der Waals surface area contributed by atoms with Crippen molar-refractivity contribution in [3.63, 3.8) is 0 Å². The molecule has 0 radical (unpaired) electrons. The molecule has 0 aliphatic carbocycles. The molecule has 0 bridgehead atoms. The second-order valence-corrected chi connectivity index (χ2v) is 5.73. The van der Waals surface area contributed by atoms with Crippen LogP contribution in [-0.2, 0) is 0 Å². The van der Waals surface area contributed by atoms with E-state index in [-0.39, 0.29) is 30.7 Å². The van der Waals surface area contributed by atoms with Crippen LogP contribution in [0.25, 0.3) is 11.1 Å². The molecule has 132 valence electrons. The van der Waals surface area contributed by atoms with Gasteiger partial charge in [-0.15, -0.1) is 24.8 Å². The first-order valence-corrected chi connectivity index (χ1v) is 7.07. The Balaban J connectivity index is 0.00000264. The Labute approximate surface area is 154 Å². The quantitative estimate of drug-likeness (QED) is 0.846. The Morgan fingerprint density at radius 2 is 1.79 bits per heavy atom. The van der Waals surface area contributed by atoms with Crippen molar-refractivity contribution in [1.82, 2.24) is 10.3 Å². The van der Waals surface area contributed by atoms with Crippen LogP contribution < -0.4 is 15.8 Å². The minimum absolute atomic E-state index is 0. The minimum Gasteiger partial charge on any atom is -0.497 e. The molecule has 0 atom stereocenters. The number of aromatic nitrogens is 1. The summed E-state index contributed by atoms with van der Waals surface area (Å²) in [5, 5.41) is 2.90. The van der Waals surface area contributed by atoms with E-state index in [9.17, 15) is 4.79 Å². The van der Waals surface area contributed by atoms with Crippen LogP contribution in [0.4, 0.5) is 0 Å². The van der Waals surface area contributed by atoms with E-state index in [2.05, 4.69) is 10.3 Å². The third kappa shape index (κ3) is 5.67. The van der Waals surface area contributed by atoms with Gasteiger partial charge in [0.2, 0.25) is 0 Å². The van der Waals surface area contributed by atoms with E-state index in [0.717, 1.165) is 16.9 Å². The van der Waals surface area contributed by atoms with Crippen molar-refractivity contribution in [1.29, 1.82) is 0 Å². The topological polar surface area (TPSA) is 77.2 Å². The number of rotatable bonds is 5. The highest BCUT2D eigenvalue weighted by atomic mass is 35.5. The molecule has 2 rings (SSSR count). The highest BCUT2D eigenvalue weighted by Crippen LogP contribution is 2.22. The molecular formula is C17H23Cl2N3O2. The molecule has 7 heteroatoms. The van der Waals surface area contributed by atoms with Gasteiger partial charge in [0.05, 0.1) is 12.7 Å². The number of methoxy groups -OCH3 is 1. The number of carbonyl (C=O) groups is 1. The van der Waals surface area contributed by atoms with Gasteiger partial charge in [-0.25, -0.2) is 0 Å². The van der Waals surface area contributed by atoms with Gasteiger partial charge < -0.3 is 15.8 Å². The van der Waals surface area contributed by atoms with Crippen molar-refractivity contribution >= 4 is 30.7 Å². The van der Waals surface area contributed by atoms with Gasteiger partial charge in [-0.1, -0.05) is 12.1 Å². The molecule has 24 heavy (non-hydrogen) atoms. The molecule has 0 unspecified atom stereocenters. The smallest absolute Gasteiger partial charge is 0.253 e. The van der Waals surface area contributed by atoms with E-state index in [4.69, 9.17) is 10.5 Å². The van der Waals surface area contributed by atoms with Crippen LogP contribution in [0.5, 0.6) is 5.75 Å². The largest absolute Gasteiger partial charge is 0.497 e. The molecule has 0 saturated heterocycles. The summed E-state index contributed by atoms with van der Waals surface area (Å²) in [7, 11) is 1.63. The Hall–Kier alpha value is -1.82. The van der Waals surface area contributed by atoms with E-state index in [1.165, 1.54) is 0 Å². The van der Waals surface area contributed by atoms with Gasteiger partial charge in [-0.2, -0.15) is 0 Å². The van der Waals surface area contributed by atoms with Gasteiger partial charge in [0.25, 0.3) is 5.91 Å². The number of carbonyl (C=O) groups excluding carboxylic acids is 1. The number of pyridine rings is 1. The monoisotopic (exact) mass is 371 g/mol. The van der Waals surface area contributed by atoms with E-state index in [1.54, 1.807) is 19.5 Å². The van der Waals surface area contributed by atoms with Gasteiger partial charge in [0.15, 0.2) is 0 Å². The maximum absolute atomic E-state index is 12.3. The Bertz CT molecular complexity index is 661. The minimum atomic E-state index is -0.451. The van der Waals surface area contributed by atoms with Crippen molar-refractivity contribution < 1.29 is 9.53 Å². The summed E-state index contributed by atoms with van der Waals surface area (Å²) < 4.78 is 5.14. The van der Waals surface area contributed by atoms with E-state index >= 15 is 0 Å². The molecular weight excluding hydrogens is 349 g/mol. The number of nitrogens with two attached hydrogens (primary N) is 1. The Morgan fingerprint density at radius 1 is 1.17 bits per heavy atom. The van der Waals surface area contributed by atoms with Crippen LogP contribution in [0.1, 0.15) is 24.2 Å². The van der Waals surface area contributed by atoms with E-state index in [0.29, 0.717) is 12.1 Å². The lowest BCUT2D eigenvalue weighted by Gasteiger charge is -2.24. The standard InChI is InChI=1S/C17H21N3O2.2ClH/c1-17(2,11-18)20-16(21)14-8-13(9-19-10-14)12-4-6-15(22-3)7-5-12;;/h4-10H,11,18H2,1-3H3,(H,20,21);2*1H. The summed E-state index contributed by atoms with van der Waals surface area (Å²) in [5.74, 6) is 0.605. The van der Waals surface area contributed by atoms with Crippen LogP contribution in [0.3, 0.4) is 0 Å². The average molecular weight is 372 g/mol. The van der Waals surface area contributed by atoms with Crippen LogP contribution in [-0.4, -0.2) is 30.1 Å². The first kappa shape index (κ1) is 22.2. The molecule has 1 heterocycles. The molecule has 3 N–H and O–H groups in total. The summed E-state index contributed by atoms with van der Waals surface area (Å²) in [4.78, 5) is 16.4. The number of hydrogen-bond donors (Lipinski definition) is 2. The summed E-state index contributed by atoms with van der Waals surface area (Å²) in [5.41, 5.74) is 7.55. The summed E-state index contributed by atoms with van der Waals surface area (Å²) in [6, 6.07) is 9.43. The number of nitrogens with zero attached hydrogens (tertiary/aromatic N) is 1. The summed E-state index contributed by atoms with van der Waals surface area (Å²) in [6.07, 6.45) is 3.28. The molecule has 5 nitrogen and oxygen atoms in total. The van der Waals surface area contributed by atoms with Crippen LogP contribution in [0.2, 0.25) is 0 Å². The van der Waals surface area contributed by atoms with Crippen molar-refractivity contribution in [3.05, 3.63) is 48.3 Å². The molecule has 0 aliphatic heterocycles. The molecule has 0 aliphatic rings. The lowest BCUT2D eigenvalue weighted by Crippen LogP contribution is -2.48. The van der Waals surface area contributed by atoms with Gasteiger partial charge in [-0.05, 0) is 37.6 Å². The van der Waals surface area contributed by atoms with Gasteiger partial charge >= 0.3 is 0 Å². The lowest BCUT2D eigenvalue weighted by molar-refractivity contribution is 0.0915. The summed E-state index contributed by atoms with van der Waals surface area (Å²) in [6.45, 7) is 4.13. The van der Waals surface area contributed by atoms with Crippen molar-refractivity contribution in [2.75, 3.05) is 13.7 Å². The number of hydrogen-bond acceptors (Lipinski definition) is 4. The van der Waals surface area contributed by atoms with E-state index < -0.39 is 5.54 Å². The molecule has 0 saturated carbocycles. The SMILES string of the molecule is COc1ccc(-c2cncc(C(=O)NC(C)(C)CN)c2)cc1.Cl.Cl. The van der Waals surface area contributed by atoms with Crippen LogP contribution in [0.15, 0.2) is 42.7 Å². The predicted molar refractivity (Wildman–Crippen MR) is 101 cm³/mol. The third-order valence-corrected chi connectivity index (χ3v) is 3.39. The molecule has 1 amide bonds. The first-order valence-electron chi connectivity index (χ1n) is 7.07. The zero-order valence-corrected chi connectivity index (χ0v) is 15.5. The highest BCUT2D eigenvalue weighted by molar-refractivity contribution is 5.95. The van der Waals surface area contributed by atoms with Crippen molar-refractivity contribution in [2.24, 2.45) is 5.73 Å². The number of ether oxygens (including phenoxy) is 1. The lowest BCUT2D eigenvalue weighted by atomic mass is 10.0. The first-order chi connectivity index (χ1) is 10.4. The number of amides is 1. The van der Waals surface area contributed by atoms with Crippen LogP contribution >= 0.6 is 24.8 Å². The van der Waals surface area contributed by atoms with Gasteiger partial charge in [0.1, 0.15) is 5.75 Å². The maximum Gasteiger partial charge on any atom is 0.253 e. The summed E-state index contributed by atoms with van der Waals surface area (Å²) >= 11 is 0. The zero-order chi connectivity index (χ0) is 16.2. The molecule has 0 fully saturated rings. The predicted octanol–water partition coefficient (Wildman–Crippen LogP) is 3.07. The Morgan fingerprint density at radius 3 is 2.33 bits per heavy atom. The molecule has 1 aromatic heterocycles. The molecule has 2 aromatic rings. The normalized spacial score (nSPS) is 10.2. The zero-order valence-electron chi connectivity index (χ0n) is 13.9. The molecule has 1 aromatic carbocycles. The Kier molecular flexibility index (Phi) is 8.75. The van der Waals surface area contributed by atoms with Gasteiger partial charge in [-0.3, -0.25) is 9.78 Å². The average Bonchev–Trinajstić information content (AvgIpc) is 2.54. The van der Waals surface area contributed by atoms with Crippen molar-refractivity contribution in [2.45, 2.75) is 19.4 Å². The number of halogens is 2. The number of nitrogens with one attached hydrogen (secondary N) is 1. The highest BCUT2D eigenvalue weighted by Gasteiger charge is 2.19. The number of benzene rings is 1. The second kappa shape index (κ2) is 9.47. The fourth-order valence-corrected chi connectivity index (χ4v) is 1.94. The fourth-order valence-electron chi connectivity index (χ4n) is 1.94. The molecule has 0 spiro atoms. The second-order valence-electron chi connectivity index (χ2n) is 5.73. The van der Waals surface area contributed by atoms with Crippen LogP contribution in [0, 0.1) is 0 Å². The van der Waals surface area contributed by atoms with Gasteiger partial charge in [0, 0.05) is 30.0 Å². The van der Waals surface area contributed by atoms with Crippen molar-refractivity contribution in [3.8, 4) is 16.9 Å². The maximum atomic E-state index is 12.3. The fraction of sp³-hybridized carbons (Fsp3) is 0.294. The third-order valence-electron chi connectivity index (χ3n) is 3.39.